The number of hydrogen-bond donors (Lipinski definition) is 1. The molecule has 3 heteroatoms. The Balaban J connectivity index is 2.83. The summed E-state index contributed by atoms with van der Waals surface area (Å²) in [6, 6.07) is 3.95. The van der Waals surface area contributed by atoms with Crippen molar-refractivity contribution in [3.8, 4) is 0 Å². The molecule has 12 heavy (non-hydrogen) atoms. The Morgan fingerprint density at radius 3 is 2.83 bits per heavy atom. The third-order valence-corrected chi connectivity index (χ3v) is 1.96. The first-order valence-electron chi connectivity index (χ1n) is 3.89. The number of anilines is 1. The molecule has 0 aliphatic heterocycles. The normalized spacial score (nSPS) is 10.8. The summed E-state index contributed by atoms with van der Waals surface area (Å²) in [5.41, 5.74) is 9.70. The standard InChI is InChI=1S/C9H11N3/c1-6-5-12-8(4-9(6)10)3-7(2)11-12/h3-5H,10H2,1-2H3. The first-order valence-corrected chi connectivity index (χ1v) is 3.89. The van der Waals surface area contributed by atoms with Crippen LogP contribution in [0.4, 0.5) is 5.69 Å². The van der Waals surface area contributed by atoms with Crippen molar-refractivity contribution in [2.75, 3.05) is 5.73 Å². The van der Waals surface area contributed by atoms with Crippen LogP contribution in [0.25, 0.3) is 5.52 Å². The van der Waals surface area contributed by atoms with Crippen LogP contribution in [0.2, 0.25) is 0 Å². The molecule has 0 aliphatic rings. The molecule has 0 fully saturated rings. The Hall–Kier alpha value is -1.51. The van der Waals surface area contributed by atoms with Crippen LogP contribution in [-0.2, 0) is 0 Å². The molecule has 0 bridgehead atoms. The molecule has 0 aliphatic carbocycles. The zero-order chi connectivity index (χ0) is 8.72. The van der Waals surface area contributed by atoms with Gasteiger partial charge in [-0.2, -0.15) is 5.10 Å². The van der Waals surface area contributed by atoms with Crippen molar-refractivity contribution < 1.29 is 0 Å². The van der Waals surface area contributed by atoms with Gasteiger partial charge in [-0.3, -0.25) is 0 Å². The van der Waals surface area contributed by atoms with Crippen molar-refractivity contribution in [3.05, 3.63) is 29.6 Å². The molecule has 0 radical (unpaired) electrons. The molecule has 3 nitrogen and oxygen atoms in total. The predicted octanol–water partition coefficient (Wildman–Crippen LogP) is 1.53. The van der Waals surface area contributed by atoms with Crippen molar-refractivity contribution in [3.63, 3.8) is 0 Å². The summed E-state index contributed by atoms with van der Waals surface area (Å²) in [6.45, 7) is 3.95. The molecule has 0 aromatic carbocycles. The summed E-state index contributed by atoms with van der Waals surface area (Å²) >= 11 is 0. The van der Waals surface area contributed by atoms with Gasteiger partial charge in [0.1, 0.15) is 0 Å². The van der Waals surface area contributed by atoms with Crippen LogP contribution < -0.4 is 5.73 Å². The number of nitrogen functional groups attached to an aromatic ring is 1. The number of hydrogen-bond acceptors (Lipinski definition) is 2. The summed E-state index contributed by atoms with van der Waals surface area (Å²) in [4.78, 5) is 0. The van der Waals surface area contributed by atoms with Gasteiger partial charge < -0.3 is 5.73 Å². The molecule has 0 unspecified atom stereocenters. The summed E-state index contributed by atoms with van der Waals surface area (Å²) in [6.07, 6.45) is 1.94. The van der Waals surface area contributed by atoms with E-state index < -0.39 is 0 Å². The number of rotatable bonds is 0. The monoisotopic (exact) mass is 161 g/mol. The minimum absolute atomic E-state index is 0.822. The molecule has 2 N–H and O–H groups in total. The molecular weight excluding hydrogens is 150 g/mol. The zero-order valence-electron chi connectivity index (χ0n) is 7.20. The van der Waals surface area contributed by atoms with Gasteiger partial charge in [0.2, 0.25) is 0 Å². The van der Waals surface area contributed by atoms with Crippen LogP contribution in [0.15, 0.2) is 18.3 Å². The number of nitrogens with two attached hydrogens (primary N) is 1. The lowest BCUT2D eigenvalue weighted by molar-refractivity contribution is 0.927. The maximum Gasteiger partial charge on any atom is 0.0685 e. The summed E-state index contributed by atoms with van der Waals surface area (Å²) < 4.78 is 1.85. The van der Waals surface area contributed by atoms with E-state index in [4.69, 9.17) is 5.73 Å². The molecular formula is C9H11N3. The van der Waals surface area contributed by atoms with Crippen molar-refractivity contribution in [1.29, 1.82) is 0 Å². The summed E-state index contributed by atoms with van der Waals surface area (Å²) in [7, 11) is 0. The quantitative estimate of drug-likeness (QED) is 0.636. The highest BCUT2D eigenvalue weighted by Gasteiger charge is 1.99. The average molecular weight is 161 g/mol. The van der Waals surface area contributed by atoms with E-state index in [0.717, 1.165) is 22.5 Å². The molecule has 0 atom stereocenters. The first-order chi connectivity index (χ1) is 5.66. The second-order valence-corrected chi connectivity index (χ2v) is 3.07. The lowest BCUT2D eigenvalue weighted by Crippen LogP contribution is -1.94. The summed E-state index contributed by atoms with van der Waals surface area (Å²) in [5.74, 6) is 0. The van der Waals surface area contributed by atoms with Crippen LogP contribution in [0.5, 0.6) is 0 Å². The van der Waals surface area contributed by atoms with E-state index in [0.29, 0.717) is 0 Å². The molecule has 2 rings (SSSR count). The van der Waals surface area contributed by atoms with Crippen molar-refractivity contribution in [2.24, 2.45) is 0 Å². The lowest BCUT2D eigenvalue weighted by Gasteiger charge is -1.99. The van der Waals surface area contributed by atoms with Crippen LogP contribution in [-0.4, -0.2) is 9.61 Å². The van der Waals surface area contributed by atoms with Crippen LogP contribution in [0.1, 0.15) is 11.3 Å². The Morgan fingerprint density at radius 2 is 2.08 bits per heavy atom. The highest BCUT2D eigenvalue weighted by Crippen LogP contribution is 2.14. The van der Waals surface area contributed by atoms with E-state index in [1.165, 1.54) is 0 Å². The van der Waals surface area contributed by atoms with Crippen molar-refractivity contribution in [2.45, 2.75) is 13.8 Å². The third-order valence-electron chi connectivity index (χ3n) is 1.96. The van der Waals surface area contributed by atoms with Crippen molar-refractivity contribution in [1.82, 2.24) is 9.61 Å². The fraction of sp³-hybridized carbons (Fsp3) is 0.222. The molecule has 2 aromatic heterocycles. The third kappa shape index (κ3) is 0.942. The van der Waals surface area contributed by atoms with Gasteiger partial charge in [-0.15, -0.1) is 0 Å². The van der Waals surface area contributed by atoms with Gasteiger partial charge in [0.05, 0.1) is 11.2 Å². The average Bonchev–Trinajstić information content (AvgIpc) is 2.30. The smallest absolute Gasteiger partial charge is 0.0685 e. The number of nitrogens with zero attached hydrogens (tertiary/aromatic N) is 2. The number of pyridine rings is 1. The SMILES string of the molecule is Cc1cc2cc(N)c(C)cn2n1. The zero-order valence-corrected chi connectivity index (χ0v) is 7.20. The molecule has 0 spiro atoms. The van der Waals surface area contributed by atoms with E-state index >= 15 is 0 Å². The largest absolute Gasteiger partial charge is 0.398 e. The Bertz CT molecular complexity index is 390. The predicted molar refractivity (Wildman–Crippen MR) is 49.1 cm³/mol. The Kier molecular flexibility index (Phi) is 1.33. The molecule has 0 saturated carbocycles. The number of aromatic nitrogens is 2. The highest BCUT2D eigenvalue weighted by atomic mass is 15.2. The van der Waals surface area contributed by atoms with Crippen LogP contribution in [0, 0.1) is 13.8 Å². The minimum atomic E-state index is 0.822. The molecule has 0 amide bonds. The van der Waals surface area contributed by atoms with Crippen LogP contribution >= 0.6 is 0 Å². The Labute approximate surface area is 70.8 Å². The molecule has 2 heterocycles. The van der Waals surface area contributed by atoms with Gasteiger partial charge in [0, 0.05) is 11.9 Å². The Morgan fingerprint density at radius 1 is 1.33 bits per heavy atom. The van der Waals surface area contributed by atoms with Gasteiger partial charge in [-0.1, -0.05) is 0 Å². The number of fused-ring (bicyclic) bond motifs is 1. The fourth-order valence-corrected chi connectivity index (χ4v) is 1.28. The molecule has 62 valence electrons. The van der Waals surface area contributed by atoms with E-state index in [9.17, 15) is 0 Å². The maximum absolute atomic E-state index is 5.75. The van der Waals surface area contributed by atoms with Gasteiger partial charge in [-0.05, 0) is 31.5 Å². The second kappa shape index (κ2) is 2.24. The summed E-state index contributed by atoms with van der Waals surface area (Å²) in [5, 5.41) is 4.28. The maximum atomic E-state index is 5.75. The van der Waals surface area contributed by atoms with Gasteiger partial charge in [0.15, 0.2) is 0 Å². The van der Waals surface area contributed by atoms with Crippen molar-refractivity contribution >= 4 is 11.2 Å². The van der Waals surface area contributed by atoms with Gasteiger partial charge >= 0.3 is 0 Å². The highest BCUT2D eigenvalue weighted by molar-refractivity contribution is 5.59. The molecule has 0 saturated heterocycles. The van der Waals surface area contributed by atoms with E-state index in [1.807, 2.05) is 36.7 Å². The first kappa shape index (κ1) is 7.16. The van der Waals surface area contributed by atoms with Gasteiger partial charge in [0.25, 0.3) is 0 Å². The topological polar surface area (TPSA) is 43.3 Å². The minimum Gasteiger partial charge on any atom is -0.398 e. The second-order valence-electron chi connectivity index (χ2n) is 3.07. The molecule has 2 aromatic rings. The van der Waals surface area contributed by atoms with Crippen LogP contribution in [0.3, 0.4) is 0 Å². The van der Waals surface area contributed by atoms with E-state index in [-0.39, 0.29) is 0 Å². The van der Waals surface area contributed by atoms with E-state index in [2.05, 4.69) is 5.10 Å². The number of aryl methyl sites for hydroxylation is 2. The van der Waals surface area contributed by atoms with E-state index in [1.54, 1.807) is 0 Å². The lowest BCUT2D eigenvalue weighted by atomic mass is 10.2. The fourth-order valence-electron chi connectivity index (χ4n) is 1.28. The van der Waals surface area contributed by atoms with Gasteiger partial charge in [-0.25, -0.2) is 4.52 Å².